The molecule has 79 heavy (non-hydrogen) atoms. The average Bonchev–Trinajstić information content (AvgIpc) is 3.52. The fraction of sp³-hybridized carbons (Fsp3) is 0.159. The molecule has 9 aromatic rings. The first kappa shape index (κ1) is 56.9. The second-order valence-corrected chi connectivity index (χ2v) is 19.0. The summed E-state index contributed by atoms with van der Waals surface area (Å²) in [7, 11) is 0. The third kappa shape index (κ3) is 17.4. The van der Waals surface area contributed by atoms with E-state index in [2.05, 4.69) is 72.8 Å². The summed E-state index contributed by atoms with van der Waals surface area (Å²) in [6.07, 6.45) is 1.32. The Morgan fingerprint density at radius 1 is 0.316 bits per heavy atom. The van der Waals surface area contributed by atoms with Gasteiger partial charge in [-0.25, -0.2) is 0 Å². The molecule has 0 fully saturated rings. The molecule has 0 atom stereocenters. The fourth-order valence-electron chi connectivity index (χ4n) is 8.87. The number of phenols is 2. The minimum Gasteiger partial charge on any atom is -0.508 e. The Bertz CT molecular complexity index is 3260. The zero-order valence-corrected chi connectivity index (χ0v) is 45.4. The Morgan fingerprint density at radius 3 is 0.975 bits per heavy atom. The molecular weight excluding hydrogens is 1030 g/mol. The van der Waals surface area contributed by atoms with Gasteiger partial charge in [-0.15, -0.1) is 23.2 Å². The molecule has 0 amide bonds. The van der Waals surface area contributed by atoms with Crippen molar-refractivity contribution in [1.82, 2.24) is 0 Å². The number of aliphatic hydroxyl groups excluding tert-OH is 1. The quantitative estimate of drug-likeness (QED) is 0.0295. The van der Waals surface area contributed by atoms with Crippen molar-refractivity contribution in [1.29, 1.82) is 0 Å². The zero-order chi connectivity index (χ0) is 54.9. The molecule has 0 saturated heterocycles. The van der Waals surface area contributed by atoms with E-state index in [9.17, 15) is 10.2 Å². The van der Waals surface area contributed by atoms with Crippen LogP contribution in [0, 0.1) is 0 Å². The van der Waals surface area contributed by atoms with Crippen molar-refractivity contribution in [2.24, 2.45) is 0 Å². The van der Waals surface area contributed by atoms with Crippen LogP contribution in [-0.4, -0.2) is 53.5 Å². The number of hydrogen-bond acceptors (Lipinski definition) is 8. The summed E-state index contributed by atoms with van der Waals surface area (Å²) in [6, 6.07) is 77.1. The van der Waals surface area contributed by atoms with Crippen molar-refractivity contribution < 1.29 is 39.0 Å². The number of ether oxygens (including phenoxy) is 5. The summed E-state index contributed by atoms with van der Waals surface area (Å²) >= 11 is 12.6. The Labute approximate surface area is 474 Å². The van der Waals surface area contributed by atoms with Gasteiger partial charge in [-0.3, -0.25) is 0 Å². The molecule has 9 rings (SSSR count). The molecule has 0 aromatic heterocycles. The first-order chi connectivity index (χ1) is 38.9. The van der Waals surface area contributed by atoms with Gasteiger partial charge in [-0.1, -0.05) is 164 Å². The molecule has 0 spiro atoms. The highest BCUT2D eigenvalue weighted by molar-refractivity contribution is 6.19. The Kier molecular flexibility index (Phi) is 22.1. The number of allylic oxidation sites excluding steroid dienone is 2. The second-order valence-electron chi connectivity index (χ2n) is 18.3. The SMILES string of the molecule is ClCCC(=C(c1ccc(OCCOCc2ccccc2)cc1)c1ccc(OCc2ccccc2)cc1)c1ccc(OCc2ccccc2)cc1.OCCOc1ccc(/C(=C(\CCCl)c2ccc(O)cc2)c2ccc(O)cc2)cc1. The van der Waals surface area contributed by atoms with Gasteiger partial charge >= 0.3 is 0 Å². The number of hydrogen-bond donors (Lipinski definition) is 3. The number of halogens is 2. The minimum atomic E-state index is -0.0405. The molecule has 0 aliphatic rings. The zero-order valence-electron chi connectivity index (χ0n) is 43.9. The van der Waals surface area contributed by atoms with Gasteiger partial charge in [0.2, 0.25) is 0 Å². The van der Waals surface area contributed by atoms with Crippen LogP contribution in [0.25, 0.3) is 22.3 Å². The fourth-order valence-corrected chi connectivity index (χ4v) is 9.25. The van der Waals surface area contributed by atoms with Gasteiger partial charge in [-0.2, -0.15) is 0 Å². The van der Waals surface area contributed by atoms with Gasteiger partial charge in [0, 0.05) is 11.8 Å². The van der Waals surface area contributed by atoms with E-state index in [0.29, 0.717) is 63.4 Å². The number of phenolic OH excluding ortho intramolecular Hbond substituents is 2. The van der Waals surface area contributed by atoms with Gasteiger partial charge in [0.1, 0.15) is 60.9 Å². The molecular formula is C69H64Cl2O8. The van der Waals surface area contributed by atoms with Crippen LogP contribution in [0.4, 0.5) is 0 Å². The third-order valence-corrected chi connectivity index (χ3v) is 13.1. The van der Waals surface area contributed by atoms with Gasteiger partial charge in [0.25, 0.3) is 0 Å². The topological polar surface area (TPSA) is 107 Å². The molecule has 10 heteroatoms. The Morgan fingerprint density at radius 2 is 0.620 bits per heavy atom. The summed E-state index contributed by atoms with van der Waals surface area (Å²) in [5, 5.41) is 28.3. The molecule has 8 nitrogen and oxygen atoms in total. The summed E-state index contributed by atoms with van der Waals surface area (Å²) in [5.41, 5.74) is 13.8. The molecule has 0 bridgehead atoms. The van der Waals surface area contributed by atoms with Gasteiger partial charge < -0.3 is 39.0 Å². The molecule has 0 unspecified atom stereocenters. The van der Waals surface area contributed by atoms with E-state index >= 15 is 0 Å². The largest absolute Gasteiger partial charge is 0.508 e. The van der Waals surface area contributed by atoms with Crippen LogP contribution in [0.5, 0.6) is 34.5 Å². The predicted octanol–water partition coefficient (Wildman–Crippen LogP) is 16.1. The van der Waals surface area contributed by atoms with Crippen LogP contribution in [0.2, 0.25) is 0 Å². The summed E-state index contributed by atoms with van der Waals surface area (Å²) in [6.45, 7) is 2.77. The van der Waals surface area contributed by atoms with Gasteiger partial charge in [-0.05, 0) is 158 Å². The van der Waals surface area contributed by atoms with Crippen molar-refractivity contribution >= 4 is 45.5 Å². The Balaban J connectivity index is 0.000000240. The monoisotopic (exact) mass is 1090 g/mol. The Hall–Kier alpha value is -8.24. The average molecular weight is 1090 g/mol. The molecule has 9 aromatic carbocycles. The van der Waals surface area contributed by atoms with Crippen molar-refractivity contribution in [3.05, 3.63) is 287 Å². The summed E-state index contributed by atoms with van der Waals surface area (Å²) < 4.78 is 29.5. The van der Waals surface area contributed by atoms with Crippen LogP contribution in [0.1, 0.15) is 62.9 Å². The molecule has 402 valence electrons. The van der Waals surface area contributed by atoms with Crippen molar-refractivity contribution in [3.63, 3.8) is 0 Å². The molecule has 0 aliphatic carbocycles. The summed E-state index contributed by atoms with van der Waals surface area (Å²) in [5.74, 6) is 4.42. The van der Waals surface area contributed by atoms with Crippen LogP contribution >= 0.6 is 23.2 Å². The maximum atomic E-state index is 9.72. The predicted molar refractivity (Wildman–Crippen MR) is 320 cm³/mol. The number of rotatable bonds is 25. The van der Waals surface area contributed by atoms with Crippen LogP contribution in [-0.2, 0) is 24.6 Å². The van der Waals surface area contributed by atoms with Gasteiger partial charge in [0.05, 0.1) is 19.8 Å². The minimum absolute atomic E-state index is 0.0405. The van der Waals surface area contributed by atoms with Crippen molar-refractivity contribution in [3.8, 4) is 34.5 Å². The number of aliphatic hydroxyl groups is 1. The van der Waals surface area contributed by atoms with E-state index in [1.54, 1.807) is 24.3 Å². The molecule has 3 N–H and O–H groups in total. The van der Waals surface area contributed by atoms with Crippen molar-refractivity contribution in [2.75, 3.05) is 38.2 Å². The lowest BCUT2D eigenvalue weighted by Gasteiger charge is -2.18. The highest BCUT2D eigenvalue weighted by atomic mass is 35.5. The number of alkyl halides is 2. The first-order valence-corrected chi connectivity index (χ1v) is 27.3. The van der Waals surface area contributed by atoms with Gasteiger partial charge in [0.15, 0.2) is 0 Å². The smallest absolute Gasteiger partial charge is 0.119 e. The molecule has 0 heterocycles. The molecule has 0 saturated carbocycles. The van der Waals surface area contributed by atoms with Crippen LogP contribution in [0.3, 0.4) is 0 Å². The van der Waals surface area contributed by atoms with E-state index in [0.717, 1.165) is 89.6 Å². The van der Waals surface area contributed by atoms with E-state index in [1.807, 2.05) is 140 Å². The molecule has 0 aliphatic heterocycles. The third-order valence-electron chi connectivity index (χ3n) is 12.8. The van der Waals surface area contributed by atoms with E-state index < -0.39 is 0 Å². The summed E-state index contributed by atoms with van der Waals surface area (Å²) in [4.78, 5) is 0. The number of benzene rings is 9. The maximum absolute atomic E-state index is 9.72. The second kappa shape index (κ2) is 30.6. The van der Waals surface area contributed by atoms with E-state index in [1.165, 1.54) is 0 Å². The van der Waals surface area contributed by atoms with Crippen molar-refractivity contribution in [2.45, 2.75) is 32.7 Å². The lowest BCUT2D eigenvalue weighted by atomic mass is 9.88. The normalized spacial score (nSPS) is 11.6. The van der Waals surface area contributed by atoms with E-state index in [4.69, 9.17) is 52.0 Å². The standard InChI is InChI=1S/C45H41ClO4.C24H23ClO4/c46-29-28-44(38-16-22-42(23-17-38)49-33-36-12-6-2-7-13-36)45(40-20-26-43(27-21-40)50-34-37-14-8-3-9-15-37)39-18-24-41(25-19-39)48-31-30-47-32-35-10-4-1-5-11-35;25-14-13-23(17-1-7-20(27)8-2-17)24(18-3-9-21(28)10-4-18)19-5-11-22(12-6-19)29-16-15-26/h1-27H,28-34H2;1-12,26-28H,13-16H2/b;24-23+. The van der Waals surface area contributed by atoms with Crippen LogP contribution in [0.15, 0.2) is 237 Å². The highest BCUT2D eigenvalue weighted by Gasteiger charge is 2.17. The highest BCUT2D eigenvalue weighted by Crippen LogP contribution is 2.39. The number of aromatic hydroxyl groups is 2. The van der Waals surface area contributed by atoms with E-state index in [-0.39, 0.29) is 24.7 Å². The first-order valence-electron chi connectivity index (χ1n) is 26.3. The molecule has 0 radical (unpaired) electrons. The maximum Gasteiger partial charge on any atom is 0.119 e. The lowest BCUT2D eigenvalue weighted by Crippen LogP contribution is -2.06. The van der Waals surface area contributed by atoms with Crippen LogP contribution < -0.4 is 18.9 Å². The lowest BCUT2D eigenvalue weighted by molar-refractivity contribution is 0.0889.